The first-order chi connectivity index (χ1) is 16.8. The van der Waals surface area contributed by atoms with E-state index in [9.17, 15) is 4.79 Å². The minimum atomic E-state index is -0.0355. The topological polar surface area (TPSA) is 92.1 Å². The lowest BCUT2D eigenvalue weighted by Crippen LogP contribution is -2.34. The van der Waals surface area contributed by atoms with Gasteiger partial charge in [-0.1, -0.05) is 6.07 Å². The highest BCUT2D eigenvalue weighted by molar-refractivity contribution is 6.10. The molecule has 3 aromatic rings. The molecule has 184 valence electrons. The van der Waals surface area contributed by atoms with Crippen LogP contribution in [0.25, 0.3) is 11.5 Å². The monoisotopic (exact) mass is 474 g/mol. The number of carbonyl (C=O) groups excluding carboxylic acids is 1. The summed E-state index contributed by atoms with van der Waals surface area (Å²) in [5.41, 5.74) is 3.32. The Kier molecular flexibility index (Phi) is 6.04. The van der Waals surface area contributed by atoms with Crippen molar-refractivity contribution in [3.63, 3.8) is 0 Å². The standard InChI is InChI=1S/C26H34N8O/c1-15(2)33-18(5)30-31-25(33)21-8-7-9-23(28-21)32-14-20-19(26(32)35)12-24(29-22(20)13-27-6)34-16(3)10-11-17(34)4/h7-9,12,15-17,27H,10-11,13-14H2,1-6H3/t16-,17-/m1/s1. The summed E-state index contributed by atoms with van der Waals surface area (Å²) >= 11 is 0. The van der Waals surface area contributed by atoms with Crippen LogP contribution in [0.4, 0.5) is 11.6 Å². The van der Waals surface area contributed by atoms with Crippen LogP contribution in [0.1, 0.15) is 74.0 Å². The molecule has 0 unspecified atom stereocenters. The average molecular weight is 475 g/mol. The Morgan fingerprint density at radius 2 is 1.83 bits per heavy atom. The summed E-state index contributed by atoms with van der Waals surface area (Å²) < 4.78 is 2.06. The highest BCUT2D eigenvalue weighted by atomic mass is 16.2. The maximum Gasteiger partial charge on any atom is 0.260 e. The lowest BCUT2D eigenvalue weighted by atomic mass is 10.1. The van der Waals surface area contributed by atoms with Gasteiger partial charge in [-0.15, -0.1) is 10.2 Å². The van der Waals surface area contributed by atoms with Crippen molar-refractivity contribution in [2.24, 2.45) is 0 Å². The van der Waals surface area contributed by atoms with Crippen LogP contribution >= 0.6 is 0 Å². The number of aryl methyl sites for hydroxylation is 1. The predicted molar refractivity (Wildman–Crippen MR) is 137 cm³/mol. The first-order valence-corrected chi connectivity index (χ1v) is 12.5. The Labute approximate surface area is 206 Å². The van der Waals surface area contributed by atoms with E-state index in [1.807, 2.05) is 38.2 Å². The quantitative estimate of drug-likeness (QED) is 0.580. The van der Waals surface area contributed by atoms with Gasteiger partial charge in [0.15, 0.2) is 5.82 Å². The van der Waals surface area contributed by atoms with Crippen molar-refractivity contribution < 1.29 is 4.79 Å². The molecule has 5 heterocycles. The van der Waals surface area contributed by atoms with Crippen LogP contribution < -0.4 is 15.1 Å². The van der Waals surface area contributed by atoms with Crippen molar-refractivity contribution in [2.75, 3.05) is 16.8 Å². The van der Waals surface area contributed by atoms with Crippen molar-refractivity contribution in [3.8, 4) is 11.5 Å². The van der Waals surface area contributed by atoms with Crippen molar-refractivity contribution in [1.29, 1.82) is 0 Å². The molecule has 2 aliphatic heterocycles. The summed E-state index contributed by atoms with van der Waals surface area (Å²) in [4.78, 5) is 27.7. The Balaban J connectivity index is 1.53. The molecule has 35 heavy (non-hydrogen) atoms. The lowest BCUT2D eigenvalue weighted by Gasteiger charge is -2.28. The van der Waals surface area contributed by atoms with Crippen molar-refractivity contribution in [3.05, 3.63) is 46.9 Å². The second-order valence-corrected chi connectivity index (χ2v) is 9.97. The van der Waals surface area contributed by atoms with Gasteiger partial charge in [-0.25, -0.2) is 9.97 Å². The first-order valence-electron chi connectivity index (χ1n) is 12.5. The number of amides is 1. The number of hydrogen-bond acceptors (Lipinski definition) is 7. The molecule has 0 radical (unpaired) electrons. The number of carbonyl (C=O) groups is 1. The van der Waals surface area contributed by atoms with Crippen LogP contribution in [0.3, 0.4) is 0 Å². The number of aromatic nitrogens is 5. The molecule has 1 fully saturated rings. The Bertz CT molecular complexity index is 1260. The third-order valence-electron chi connectivity index (χ3n) is 7.17. The summed E-state index contributed by atoms with van der Waals surface area (Å²) in [6.45, 7) is 11.7. The van der Waals surface area contributed by atoms with E-state index in [1.54, 1.807) is 4.90 Å². The van der Waals surface area contributed by atoms with Crippen LogP contribution in [0, 0.1) is 6.92 Å². The van der Waals surface area contributed by atoms with Crippen molar-refractivity contribution in [1.82, 2.24) is 30.0 Å². The van der Waals surface area contributed by atoms with Gasteiger partial charge in [0.1, 0.15) is 23.2 Å². The van der Waals surface area contributed by atoms with Gasteiger partial charge in [0.2, 0.25) is 0 Å². The van der Waals surface area contributed by atoms with Gasteiger partial charge in [-0.3, -0.25) is 9.69 Å². The lowest BCUT2D eigenvalue weighted by molar-refractivity contribution is 0.0996. The summed E-state index contributed by atoms with van der Waals surface area (Å²) in [6.07, 6.45) is 2.27. The minimum Gasteiger partial charge on any atom is -0.351 e. The maximum absolute atomic E-state index is 13.7. The summed E-state index contributed by atoms with van der Waals surface area (Å²) in [7, 11) is 1.91. The van der Waals surface area contributed by atoms with E-state index in [-0.39, 0.29) is 11.9 Å². The summed E-state index contributed by atoms with van der Waals surface area (Å²) in [5.74, 6) is 3.02. The fourth-order valence-corrected chi connectivity index (χ4v) is 5.49. The van der Waals surface area contributed by atoms with E-state index in [2.05, 4.69) is 52.7 Å². The van der Waals surface area contributed by atoms with Gasteiger partial charge in [0.05, 0.1) is 17.8 Å². The third-order valence-corrected chi connectivity index (χ3v) is 7.17. The SMILES string of the molecule is CNCc1nc(N2[C@H](C)CC[C@H]2C)cc2c1CN(c1cccc(-c3nnc(C)n3C(C)C)n1)C2=O. The van der Waals surface area contributed by atoms with Crippen LogP contribution in [-0.4, -0.2) is 49.8 Å². The highest BCUT2D eigenvalue weighted by Crippen LogP contribution is 2.35. The molecular formula is C26H34N8O. The van der Waals surface area contributed by atoms with Gasteiger partial charge < -0.3 is 14.8 Å². The molecule has 1 saturated heterocycles. The molecule has 0 saturated carbocycles. The molecule has 5 rings (SSSR count). The number of nitrogens with zero attached hydrogens (tertiary/aromatic N) is 7. The Morgan fingerprint density at radius 3 is 2.51 bits per heavy atom. The number of nitrogens with one attached hydrogen (secondary N) is 1. The molecule has 1 amide bonds. The minimum absolute atomic E-state index is 0.0355. The normalized spacial score (nSPS) is 19.8. The van der Waals surface area contributed by atoms with Gasteiger partial charge in [-0.05, 0) is 72.7 Å². The van der Waals surface area contributed by atoms with E-state index < -0.39 is 0 Å². The molecule has 3 aromatic heterocycles. The number of hydrogen-bond donors (Lipinski definition) is 1. The van der Waals surface area contributed by atoms with Gasteiger partial charge >= 0.3 is 0 Å². The van der Waals surface area contributed by atoms with Crippen LogP contribution in [0.15, 0.2) is 24.3 Å². The fourth-order valence-electron chi connectivity index (χ4n) is 5.49. The summed E-state index contributed by atoms with van der Waals surface area (Å²) in [6, 6.07) is 8.73. The molecule has 2 atom stereocenters. The fraction of sp³-hybridized carbons (Fsp3) is 0.500. The highest BCUT2D eigenvalue weighted by Gasteiger charge is 2.35. The zero-order valence-corrected chi connectivity index (χ0v) is 21.4. The Hall–Kier alpha value is -3.33. The van der Waals surface area contributed by atoms with E-state index in [0.29, 0.717) is 42.5 Å². The average Bonchev–Trinajstić information content (AvgIpc) is 3.49. The van der Waals surface area contributed by atoms with Gasteiger partial charge in [-0.2, -0.15) is 0 Å². The van der Waals surface area contributed by atoms with Crippen molar-refractivity contribution >= 4 is 17.5 Å². The second-order valence-electron chi connectivity index (χ2n) is 9.97. The number of pyridine rings is 2. The molecule has 9 heteroatoms. The maximum atomic E-state index is 13.7. The molecule has 0 bridgehead atoms. The molecule has 2 aliphatic rings. The molecule has 0 spiro atoms. The van der Waals surface area contributed by atoms with E-state index in [0.717, 1.165) is 41.3 Å². The molecule has 9 nitrogen and oxygen atoms in total. The first kappa shape index (κ1) is 23.4. The van der Waals surface area contributed by atoms with Crippen LogP contribution in [0.5, 0.6) is 0 Å². The Morgan fingerprint density at radius 1 is 1.09 bits per heavy atom. The van der Waals surface area contributed by atoms with E-state index in [4.69, 9.17) is 9.97 Å². The van der Waals surface area contributed by atoms with Crippen LogP contribution in [0.2, 0.25) is 0 Å². The summed E-state index contributed by atoms with van der Waals surface area (Å²) in [5, 5.41) is 11.8. The van der Waals surface area contributed by atoms with Gasteiger partial charge in [0, 0.05) is 30.2 Å². The second kappa shape index (κ2) is 9.03. The third kappa shape index (κ3) is 3.97. The van der Waals surface area contributed by atoms with E-state index >= 15 is 0 Å². The zero-order valence-electron chi connectivity index (χ0n) is 21.4. The molecule has 1 N–H and O–H groups in total. The number of fused-ring (bicyclic) bond motifs is 1. The molecular weight excluding hydrogens is 440 g/mol. The predicted octanol–water partition coefficient (Wildman–Crippen LogP) is 3.88. The molecule has 0 aliphatic carbocycles. The number of rotatable bonds is 6. The number of anilines is 2. The van der Waals surface area contributed by atoms with Crippen LogP contribution in [-0.2, 0) is 13.1 Å². The van der Waals surface area contributed by atoms with Crippen molar-refractivity contribution in [2.45, 2.75) is 78.7 Å². The van der Waals surface area contributed by atoms with Gasteiger partial charge in [0.25, 0.3) is 5.91 Å². The smallest absolute Gasteiger partial charge is 0.260 e. The van der Waals surface area contributed by atoms with E-state index in [1.165, 1.54) is 0 Å². The molecule has 0 aromatic carbocycles. The zero-order chi connectivity index (χ0) is 24.9. The largest absolute Gasteiger partial charge is 0.351 e.